The number of carbonyl (C=O) groups excluding carboxylic acids is 1. The normalized spacial score (nSPS) is 15.3. The highest BCUT2D eigenvalue weighted by atomic mass is 32.1. The molecule has 146 valence electrons. The van der Waals surface area contributed by atoms with Gasteiger partial charge in [0, 0.05) is 43.7 Å². The summed E-state index contributed by atoms with van der Waals surface area (Å²) in [4.78, 5) is 21.8. The van der Waals surface area contributed by atoms with Gasteiger partial charge in [-0.15, -0.1) is 11.3 Å². The summed E-state index contributed by atoms with van der Waals surface area (Å²) < 4.78 is 5.76. The number of carbonyl (C=O) groups is 1. The number of ether oxygens (including phenoxy) is 1. The molecule has 27 heavy (non-hydrogen) atoms. The molecule has 0 unspecified atom stereocenters. The van der Waals surface area contributed by atoms with E-state index in [0.717, 1.165) is 50.6 Å². The minimum atomic E-state index is 0.0894. The molecule has 6 heteroatoms. The molecule has 1 fully saturated rings. The lowest BCUT2D eigenvalue weighted by atomic mass is 10.1. The Balaban J connectivity index is 1.53. The predicted molar refractivity (Wildman–Crippen MR) is 109 cm³/mol. The van der Waals surface area contributed by atoms with Gasteiger partial charge < -0.3 is 9.64 Å². The van der Waals surface area contributed by atoms with Crippen LogP contribution >= 0.6 is 11.3 Å². The van der Waals surface area contributed by atoms with E-state index in [2.05, 4.69) is 36.0 Å². The molecule has 2 aromatic rings. The van der Waals surface area contributed by atoms with Gasteiger partial charge in [0.25, 0.3) is 5.91 Å². The number of rotatable bonds is 7. The van der Waals surface area contributed by atoms with Crippen LogP contribution in [0.5, 0.6) is 5.75 Å². The summed E-state index contributed by atoms with van der Waals surface area (Å²) in [5.74, 6) is 1.32. The van der Waals surface area contributed by atoms with Gasteiger partial charge in [0.2, 0.25) is 0 Å². The number of aromatic nitrogens is 1. The smallest absolute Gasteiger partial charge is 0.254 e. The van der Waals surface area contributed by atoms with Gasteiger partial charge in [-0.3, -0.25) is 9.69 Å². The first-order valence-corrected chi connectivity index (χ1v) is 10.6. The topological polar surface area (TPSA) is 45.7 Å². The fraction of sp³-hybridized carbons (Fsp3) is 0.524. The zero-order valence-electron chi connectivity index (χ0n) is 16.5. The Kier molecular flexibility index (Phi) is 6.85. The van der Waals surface area contributed by atoms with E-state index in [1.165, 1.54) is 5.01 Å². The van der Waals surface area contributed by atoms with Gasteiger partial charge in [-0.2, -0.15) is 0 Å². The molecule has 5 nitrogen and oxygen atoms in total. The second-order valence-electron chi connectivity index (χ2n) is 7.39. The van der Waals surface area contributed by atoms with E-state index in [0.29, 0.717) is 18.1 Å². The van der Waals surface area contributed by atoms with Crippen molar-refractivity contribution in [3.8, 4) is 5.75 Å². The Morgan fingerprint density at radius 3 is 2.70 bits per heavy atom. The van der Waals surface area contributed by atoms with Gasteiger partial charge in [-0.05, 0) is 30.5 Å². The molecule has 1 aromatic heterocycles. The number of hydrogen-bond acceptors (Lipinski definition) is 5. The molecule has 1 aromatic carbocycles. The standard InChI is InChI=1S/C21H29N3O2S/c1-4-20-22-18(15-27-20)13-23-8-10-24(11-9-23)21(25)17-6-5-7-19(12-17)26-14-16(2)3/h5-7,12,15-16H,4,8-11,13-14H2,1-3H3. The minimum Gasteiger partial charge on any atom is -0.493 e. The number of thiazole rings is 1. The summed E-state index contributed by atoms with van der Waals surface area (Å²) in [7, 11) is 0. The minimum absolute atomic E-state index is 0.0894. The molecule has 0 bridgehead atoms. The first kappa shape index (κ1) is 19.8. The number of piperazine rings is 1. The van der Waals surface area contributed by atoms with Gasteiger partial charge >= 0.3 is 0 Å². The molecular weight excluding hydrogens is 358 g/mol. The first-order valence-electron chi connectivity index (χ1n) is 9.73. The SMILES string of the molecule is CCc1nc(CN2CCN(C(=O)c3cccc(OCC(C)C)c3)CC2)cs1. The van der Waals surface area contributed by atoms with Crippen LogP contribution in [0, 0.1) is 5.92 Å². The average molecular weight is 388 g/mol. The fourth-order valence-electron chi connectivity index (χ4n) is 3.09. The van der Waals surface area contributed by atoms with Crippen LogP contribution in [0.4, 0.5) is 0 Å². The molecule has 0 radical (unpaired) electrons. The van der Waals surface area contributed by atoms with Crippen molar-refractivity contribution in [2.24, 2.45) is 5.92 Å². The van der Waals surface area contributed by atoms with Crippen LogP contribution in [-0.2, 0) is 13.0 Å². The average Bonchev–Trinajstić information content (AvgIpc) is 3.14. The van der Waals surface area contributed by atoms with E-state index >= 15 is 0 Å². The fourth-order valence-corrected chi connectivity index (χ4v) is 3.82. The zero-order valence-corrected chi connectivity index (χ0v) is 17.3. The van der Waals surface area contributed by atoms with Gasteiger partial charge in [-0.1, -0.05) is 26.8 Å². The van der Waals surface area contributed by atoms with Gasteiger partial charge in [-0.25, -0.2) is 4.98 Å². The monoisotopic (exact) mass is 387 g/mol. The first-order chi connectivity index (χ1) is 13.0. The Hall–Kier alpha value is -1.92. The quantitative estimate of drug-likeness (QED) is 0.727. The third-order valence-corrected chi connectivity index (χ3v) is 5.65. The lowest BCUT2D eigenvalue weighted by molar-refractivity contribution is 0.0626. The van der Waals surface area contributed by atoms with Gasteiger partial charge in [0.05, 0.1) is 17.3 Å². The maximum Gasteiger partial charge on any atom is 0.254 e. The molecule has 1 aliphatic rings. The highest BCUT2D eigenvalue weighted by Gasteiger charge is 2.23. The molecule has 0 atom stereocenters. The van der Waals surface area contributed by atoms with Crippen molar-refractivity contribution in [3.05, 3.63) is 45.9 Å². The summed E-state index contributed by atoms with van der Waals surface area (Å²) in [6.07, 6.45) is 0.993. The van der Waals surface area contributed by atoms with Crippen LogP contribution < -0.4 is 4.74 Å². The number of hydrogen-bond donors (Lipinski definition) is 0. The number of amides is 1. The van der Waals surface area contributed by atoms with E-state index in [-0.39, 0.29) is 5.91 Å². The second-order valence-corrected chi connectivity index (χ2v) is 8.33. The van der Waals surface area contributed by atoms with Crippen LogP contribution in [0.15, 0.2) is 29.6 Å². The van der Waals surface area contributed by atoms with E-state index in [1.54, 1.807) is 11.3 Å². The largest absolute Gasteiger partial charge is 0.493 e. The Morgan fingerprint density at radius 2 is 2.04 bits per heavy atom. The molecule has 2 heterocycles. The Morgan fingerprint density at radius 1 is 1.26 bits per heavy atom. The van der Waals surface area contributed by atoms with Crippen molar-refractivity contribution in [3.63, 3.8) is 0 Å². The van der Waals surface area contributed by atoms with Crippen molar-refractivity contribution >= 4 is 17.2 Å². The second kappa shape index (κ2) is 9.33. The lowest BCUT2D eigenvalue weighted by Crippen LogP contribution is -2.48. The molecular formula is C21H29N3O2S. The van der Waals surface area contributed by atoms with Crippen molar-refractivity contribution in [2.75, 3.05) is 32.8 Å². The van der Waals surface area contributed by atoms with Crippen LogP contribution in [0.2, 0.25) is 0 Å². The third-order valence-electron chi connectivity index (χ3n) is 4.61. The predicted octanol–water partition coefficient (Wildman–Crippen LogP) is 3.70. The van der Waals surface area contributed by atoms with Crippen LogP contribution in [0.25, 0.3) is 0 Å². The summed E-state index contributed by atoms with van der Waals surface area (Å²) in [5.41, 5.74) is 1.85. The van der Waals surface area contributed by atoms with Crippen molar-refractivity contribution in [1.29, 1.82) is 0 Å². The van der Waals surface area contributed by atoms with Crippen molar-refractivity contribution < 1.29 is 9.53 Å². The molecule has 3 rings (SSSR count). The molecule has 0 aliphatic carbocycles. The van der Waals surface area contributed by atoms with E-state index in [4.69, 9.17) is 4.74 Å². The number of nitrogens with zero attached hydrogens (tertiary/aromatic N) is 3. The van der Waals surface area contributed by atoms with Crippen LogP contribution in [-0.4, -0.2) is 53.5 Å². The molecule has 0 saturated carbocycles. The third kappa shape index (κ3) is 5.53. The highest BCUT2D eigenvalue weighted by molar-refractivity contribution is 7.09. The Bertz CT molecular complexity index is 751. The summed E-state index contributed by atoms with van der Waals surface area (Å²) in [6.45, 7) is 11.2. The van der Waals surface area contributed by atoms with Crippen LogP contribution in [0.3, 0.4) is 0 Å². The summed E-state index contributed by atoms with van der Waals surface area (Å²) in [6, 6.07) is 7.54. The number of benzene rings is 1. The summed E-state index contributed by atoms with van der Waals surface area (Å²) >= 11 is 1.73. The maximum atomic E-state index is 12.8. The molecule has 1 saturated heterocycles. The molecule has 1 amide bonds. The highest BCUT2D eigenvalue weighted by Crippen LogP contribution is 2.18. The summed E-state index contributed by atoms with van der Waals surface area (Å²) in [5, 5.41) is 3.34. The van der Waals surface area contributed by atoms with Crippen molar-refractivity contribution in [2.45, 2.75) is 33.7 Å². The van der Waals surface area contributed by atoms with Crippen molar-refractivity contribution in [1.82, 2.24) is 14.8 Å². The van der Waals surface area contributed by atoms with E-state index < -0.39 is 0 Å². The lowest BCUT2D eigenvalue weighted by Gasteiger charge is -2.34. The van der Waals surface area contributed by atoms with E-state index in [9.17, 15) is 4.79 Å². The van der Waals surface area contributed by atoms with Gasteiger partial charge in [0.1, 0.15) is 5.75 Å². The number of aryl methyl sites for hydroxylation is 1. The maximum absolute atomic E-state index is 12.8. The van der Waals surface area contributed by atoms with Gasteiger partial charge in [0.15, 0.2) is 0 Å². The molecule has 0 N–H and O–H groups in total. The molecule has 0 spiro atoms. The molecule has 1 aliphatic heterocycles. The van der Waals surface area contributed by atoms with Crippen LogP contribution in [0.1, 0.15) is 41.8 Å². The zero-order chi connectivity index (χ0) is 19.2. The Labute approximate surface area is 166 Å². The van der Waals surface area contributed by atoms with E-state index in [1.807, 2.05) is 29.2 Å².